The van der Waals surface area contributed by atoms with Crippen molar-refractivity contribution in [3.8, 4) is 0 Å². The molecule has 22 unspecified atom stereocenters. The molecule has 2 fully saturated rings. The number of aliphatic hydroxyl groups excluding tert-OH is 16. The zero-order valence-electron chi connectivity index (χ0n) is 50.0. The normalized spacial score (nSPS) is 43.1. The minimum absolute atomic E-state index is 0.118. The number of hydrogen-bond donors (Lipinski definition) is 16. The van der Waals surface area contributed by atoms with Gasteiger partial charge in [0.15, 0.2) is 6.29 Å². The molecule has 3 aliphatic heterocycles. The quantitative estimate of drug-likeness (QED) is 0.104. The van der Waals surface area contributed by atoms with Gasteiger partial charge < -0.3 is 101 Å². The predicted molar refractivity (Wildman–Crippen MR) is 305 cm³/mol. The van der Waals surface area contributed by atoms with Crippen molar-refractivity contribution >= 4 is 11.9 Å². The summed E-state index contributed by atoms with van der Waals surface area (Å²) >= 11 is 0. The molecule has 3 aliphatic rings. The first-order valence-corrected chi connectivity index (χ1v) is 29.8. The van der Waals surface area contributed by atoms with Gasteiger partial charge in [-0.25, -0.2) is 4.79 Å². The van der Waals surface area contributed by atoms with E-state index >= 15 is 0 Å². The monoisotopic (exact) mass is 1210 g/mol. The van der Waals surface area contributed by atoms with Gasteiger partial charge in [0, 0.05) is 66.8 Å². The van der Waals surface area contributed by atoms with Crippen LogP contribution in [0.4, 0.5) is 0 Å². The van der Waals surface area contributed by atoms with Crippen LogP contribution < -0.4 is 0 Å². The number of carbonyl (C=O) groups excluding carboxylic acids is 2. The Morgan fingerprint density at radius 2 is 1.17 bits per heavy atom. The molecule has 0 bridgehead atoms. The molecule has 0 amide bonds. The van der Waals surface area contributed by atoms with Crippen molar-refractivity contribution in [3.05, 3.63) is 59.8 Å². The standard InChI is InChI=1S/C61H104O22/c1-31-14-10-11-18-45(68)36(6)55(74)32(2)15-12-16-34(4)60(79)81-49(39(9)50-22-23-53(72)80-50)19-13-17-40(63)25-41(64)27-46(69)37(7)56(75)38(8)47(70)28-42(65)26-43(66)29-48(71)51(24-35(5)54(73)33(3)20-21-44(31)67)82-61-59(78)58(77)57(76)52(30-62)83-61/h10,13-14,16-17,20-21,24,31-33,36-52,54-59,61-71,73-78H,11-12,15,18-19,22-23,25-30H2,1-9H3/t31?,32?,33?,36?,37?,38?,39?,40?,41?,42?,43?,44?,45?,46?,47?,48?,49?,50?,51?,52-,54?,55?,56?,57-,58+,59+,61+/m1/s1/i11+1,13+1,14+1,15+1,16+1,20+1,24+1,40+1,41+1,42+1,43+1,44+1,45+1,46+1,47+1,48+1,49+1,54+1,55+1,56+1,60+1,61+1. The van der Waals surface area contributed by atoms with Crippen molar-refractivity contribution in [3.63, 3.8) is 0 Å². The number of ether oxygens (including phenoxy) is 4. The van der Waals surface area contributed by atoms with Gasteiger partial charge in [0.05, 0.1) is 79.9 Å². The second kappa shape index (κ2) is 36.3. The molecule has 0 aromatic carbocycles. The molecule has 0 radical (unpaired) electrons. The summed E-state index contributed by atoms with van der Waals surface area (Å²) in [6, 6.07) is 0. The van der Waals surface area contributed by atoms with E-state index in [1.54, 1.807) is 58.9 Å². The minimum atomic E-state index is -1.88. The highest BCUT2D eigenvalue weighted by atomic mass is 16.8. The fourth-order valence-electron chi connectivity index (χ4n) is 10.9. The summed E-state index contributed by atoms with van der Waals surface area (Å²) in [5, 5.41) is 175. The van der Waals surface area contributed by atoms with E-state index in [9.17, 15) is 91.3 Å². The number of aliphatic hydroxyl groups is 16. The summed E-state index contributed by atoms with van der Waals surface area (Å²) in [6.07, 6.45) is -13.0. The van der Waals surface area contributed by atoms with E-state index < -0.39 is 183 Å². The van der Waals surface area contributed by atoms with E-state index in [0.29, 0.717) is 37.7 Å². The minimum Gasteiger partial charge on any atom is -0.462 e. The molecule has 2 saturated heterocycles. The Kier molecular flexibility index (Phi) is 32.4. The maximum Gasteiger partial charge on any atom is 0.333 e. The average molecular weight is 1210 g/mol. The number of esters is 2. The highest BCUT2D eigenvalue weighted by Crippen LogP contribution is 2.31. The smallest absolute Gasteiger partial charge is 0.333 e. The first kappa shape index (κ1) is 74.2. The number of rotatable bonds is 5. The van der Waals surface area contributed by atoms with Gasteiger partial charge in [-0.15, -0.1) is 0 Å². The van der Waals surface area contributed by atoms with E-state index in [2.05, 4.69) is 0 Å². The van der Waals surface area contributed by atoms with E-state index in [4.69, 9.17) is 18.9 Å². The zero-order valence-corrected chi connectivity index (χ0v) is 50.0. The Morgan fingerprint density at radius 1 is 0.578 bits per heavy atom. The molecule has 22 nitrogen and oxygen atoms in total. The van der Waals surface area contributed by atoms with Gasteiger partial charge >= 0.3 is 11.9 Å². The molecule has 480 valence electrons. The van der Waals surface area contributed by atoms with Crippen molar-refractivity contribution in [1.82, 2.24) is 0 Å². The third kappa shape index (κ3) is 23.9. The first-order chi connectivity index (χ1) is 38.9. The van der Waals surface area contributed by atoms with Crippen LogP contribution in [0.3, 0.4) is 0 Å². The van der Waals surface area contributed by atoms with Crippen LogP contribution in [-0.4, -0.2) is 223 Å². The Balaban J connectivity index is 1.88. The van der Waals surface area contributed by atoms with Gasteiger partial charge in [0.25, 0.3) is 0 Å². The van der Waals surface area contributed by atoms with Crippen LogP contribution in [0.25, 0.3) is 0 Å². The van der Waals surface area contributed by atoms with Crippen LogP contribution in [0.2, 0.25) is 0 Å². The molecule has 0 aromatic heterocycles. The van der Waals surface area contributed by atoms with E-state index in [1.165, 1.54) is 39.0 Å². The van der Waals surface area contributed by atoms with Crippen LogP contribution in [0.1, 0.15) is 139 Å². The first-order valence-electron chi connectivity index (χ1n) is 29.8. The molecule has 0 spiro atoms. The molecule has 0 aromatic rings. The van der Waals surface area contributed by atoms with Gasteiger partial charge in [-0.05, 0) is 76.7 Å². The van der Waals surface area contributed by atoms with Crippen LogP contribution in [0, 0.1) is 41.4 Å². The Labute approximate surface area is 490 Å². The molecule has 16 N–H and O–H groups in total. The van der Waals surface area contributed by atoms with Crippen molar-refractivity contribution in [2.45, 2.75) is 262 Å². The lowest BCUT2D eigenvalue weighted by Gasteiger charge is -2.41. The van der Waals surface area contributed by atoms with Crippen LogP contribution in [0.5, 0.6) is 0 Å². The van der Waals surface area contributed by atoms with Crippen LogP contribution in [0.15, 0.2) is 59.8 Å². The van der Waals surface area contributed by atoms with Crippen LogP contribution in [-0.2, 0) is 28.5 Å². The van der Waals surface area contributed by atoms with Gasteiger partial charge in [-0.2, -0.15) is 0 Å². The van der Waals surface area contributed by atoms with Gasteiger partial charge in [0.1, 0.15) is 42.7 Å². The molecule has 83 heavy (non-hydrogen) atoms. The predicted octanol–water partition coefficient (Wildman–Crippen LogP) is 1.05. The summed E-state index contributed by atoms with van der Waals surface area (Å²) in [5.41, 5.74) is 0.540. The lowest BCUT2D eigenvalue weighted by atomic mass is 10.0. The molecule has 22 heteroatoms. The number of carbonyl (C=O) groups is 2. The maximum atomic E-state index is 13.5. The van der Waals surface area contributed by atoms with Gasteiger partial charge in [-0.3, -0.25) is 4.79 Å². The molecular weight excluding hydrogens is 1110 g/mol. The lowest BCUT2D eigenvalue weighted by Crippen LogP contribution is -2.60. The topological polar surface area (TPSA) is 395 Å². The van der Waals surface area contributed by atoms with E-state index in [1.807, 2.05) is 13.0 Å². The second-order valence-electron chi connectivity index (χ2n) is 24.3. The summed E-state index contributed by atoms with van der Waals surface area (Å²) in [7, 11) is 0. The molecule has 0 saturated carbocycles. The average Bonchev–Trinajstić information content (AvgIpc) is 4.00. The number of allylic oxidation sites excluding steroid dienone is 2. The molecule has 3 heterocycles. The summed E-state index contributed by atoms with van der Waals surface area (Å²) < 4.78 is 22.9. The SMILES string of the molecule is CC1=[13CH]C[13CH2]C(C)[13CH](O)C(C)[13CH](O)C[13CH2]C=[13CH]C(C)[13CH](O)C=[13CH]C(C)[13CH](O)C(C)=[13CH]C(O[13C@H]2O[C@H](CO)[C@@H](O)[C@H](O)[C@@H]2O)[13CH](O)C[13CH](O)C[13CH](O)C[13CH](O)C(C)[13CH](O)C(C)[13CH](O)C[13CH](O)C[13CH](O)C=[13CH]C[13CH](C(C)C2CCC(=O)O2)O[13C]1=O. The fourth-order valence-corrected chi connectivity index (χ4v) is 10.9. The van der Waals surface area contributed by atoms with Crippen molar-refractivity contribution in [2.75, 3.05) is 6.61 Å². The summed E-state index contributed by atoms with van der Waals surface area (Å²) in [5.74, 6) is -5.08. The van der Waals surface area contributed by atoms with E-state index in [-0.39, 0.29) is 49.6 Å². The molecule has 3 rings (SSSR count). The highest BCUT2D eigenvalue weighted by Gasteiger charge is 2.46. The Hall–Kier alpha value is -3.08. The summed E-state index contributed by atoms with van der Waals surface area (Å²) in [6.45, 7) is 14.2. The van der Waals surface area contributed by atoms with Crippen molar-refractivity contribution in [1.29, 1.82) is 0 Å². The third-order valence-corrected chi connectivity index (χ3v) is 17.2. The van der Waals surface area contributed by atoms with Crippen LogP contribution >= 0.6 is 0 Å². The number of hydrogen-bond acceptors (Lipinski definition) is 22. The van der Waals surface area contributed by atoms with Gasteiger partial charge in [0.2, 0.25) is 0 Å². The van der Waals surface area contributed by atoms with Crippen molar-refractivity contribution in [2.24, 2.45) is 41.4 Å². The van der Waals surface area contributed by atoms with E-state index in [0.717, 1.165) is 0 Å². The van der Waals surface area contributed by atoms with Crippen molar-refractivity contribution < 1.29 is 110 Å². The molecular formula is C61H104O22. The largest absolute Gasteiger partial charge is 0.462 e. The highest BCUT2D eigenvalue weighted by molar-refractivity contribution is 5.87. The number of cyclic esters (lactones) is 2. The zero-order chi connectivity index (χ0) is 62.6. The Morgan fingerprint density at radius 3 is 1.76 bits per heavy atom. The third-order valence-electron chi connectivity index (χ3n) is 17.2. The molecule has 27 atom stereocenters. The maximum absolute atomic E-state index is 13.5. The lowest BCUT2D eigenvalue weighted by molar-refractivity contribution is -0.313. The fraction of sp³-hybridized carbons (Fsp3) is 0.803. The second-order valence-corrected chi connectivity index (χ2v) is 24.3. The van der Waals surface area contributed by atoms with Gasteiger partial charge in [-0.1, -0.05) is 97.1 Å². The summed E-state index contributed by atoms with van der Waals surface area (Å²) in [4.78, 5) is 25.5. The molecule has 0 aliphatic carbocycles. The Bertz CT molecular complexity index is 2050.